The molecular weight excluding hydrogens is 265 g/mol. The summed E-state index contributed by atoms with van der Waals surface area (Å²) in [5.41, 5.74) is 1.71. The number of aryl methyl sites for hydroxylation is 1. The fourth-order valence-corrected chi connectivity index (χ4v) is 1.81. The Bertz CT molecular complexity index is 652. The third-order valence-electron chi connectivity index (χ3n) is 2.87. The van der Waals surface area contributed by atoms with Crippen molar-refractivity contribution in [3.05, 3.63) is 59.2 Å². The van der Waals surface area contributed by atoms with Crippen LogP contribution in [0.3, 0.4) is 0 Å². The zero-order chi connectivity index (χ0) is 14.8. The molecule has 0 unspecified atom stereocenters. The average Bonchev–Trinajstić information content (AvgIpc) is 2.40. The molecule has 0 aliphatic heterocycles. The second-order valence-corrected chi connectivity index (χ2v) is 4.31. The van der Waals surface area contributed by atoms with Gasteiger partial charge in [-0.25, -0.2) is 0 Å². The quantitative estimate of drug-likeness (QED) is 0.868. The minimum atomic E-state index is -4.35. The van der Waals surface area contributed by atoms with Crippen LogP contribution in [0.4, 0.5) is 24.5 Å². The summed E-state index contributed by atoms with van der Waals surface area (Å²) in [5.74, 6) is 0. The van der Waals surface area contributed by atoms with Gasteiger partial charge in [-0.1, -0.05) is 12.1 Å². The molecule has 2 aromatic carbocycles. The molecule has 0 spiro atoms. The number of benzene rings is 2. The van der Waals surface area contributed by atoms with Crippen LogP contribution in [0.25, 0.3) is 0 Å². The van der Waals surface area contributed by atoms with Crippen LogP contribution in [-0.2, 0) is 6.18 Å². The highest BCUT2D eigenvalue weighted by Crippen LogP contribution is 2.31. The third-order valence-corrected chi connectivity index (χ3v) is 2.87. The lowest BCUT2D eigenvalue weighted by molar-refractivity contribution is -0.137. The lowest BCUT2D eigenvalue weighted by Gasteiger charge is -2.12. The maximum atomic E-state index is 12.5. The topological polar surface area (TPSA) is 35.8 Å². The van der Waals surface area contributed by atoms with Crippen molar-refractivity contribution >= 4 is 11.4 Å². The average molecular weight is 276 g/mol. The first-order valence-corrected chi connectivity index (χ1v) is 5.86. The summed E-state index contributed by atoms with van der Waals surface area (Å²) < 4.78 is 37.4. The molecule has 0 radical (unpaired) electrons. The molecule has 0 aromatic heterocycles. The monoisotopic (exact) mass is 276 g/mol. The van der Waals surface area contributed by atoms with E-state index < -0.39 is 11.7 Å². The molecule has 0 aliphatic rings. The van der Waals surface area contributed by atoms with Crippen LogP contribution in [0.2, 0.25) is 0 Å². The first-order chi connectivity index (χ1) is 9.41. The van der Waals surface area contributed by atoms with Gasteiger partial charge in [0.15, 0.2) is 0 Å². The molecule has 0 aliphatic carbocycles. The summed E-state index contributed by atoms with van der Waals surface area (Å²) >= 11 is 0. The molecule has 0 bridgehead atoms. The fourth-order valence-electron chi connectivity index (χ4n) is 1.81. The highest BCUT2D eigenvalue weighted by atomic mass is 19.4. The van der Waals surface area contributed by atoms with Crippen molar-refractivity contribution in [2.24, 2.45) is 0 Å². The Morgan fingerprint density at radius 3 is 2.25 bits per heavy atom. The van der Waals surface area contributed by atoms with Gasteiger partial charge in [0.2, 0.25) is 0 Å². The molecule has 0 saturated heterocycles. The summed E-state index contributed by atoms with van der Waals surface area (Å²) in [6.07, 6.45) is -4.35. The van der Waals surface area contributed by atoms with Crippen LogP contribution in [0, 0.1) is 18.3 Å². The van der Waals surface area contributed by atoms with E-state index in [1.54, 1.807) is 12.1 Å². The van der Waals surface area contributed by atoms with Crippen molar-refractivity contribution in [3.8, 4) is 6.07 Å². The van der Waals surface area contributed by atoms with E-state index in [-0.39, 0.29) is 0 Å². The number of nitrogens with one attached hydrogen (secondary N) is 1. The number of hydrogen-bond donors (Lipinski definition) is 1. The Kier molecular flexibility index (Phi) is 3.66. The predicted octanol–water partition coefficient (Wildman–Crippen LogP) is 4.63. The summed E-state index contributed by atoms with van der Waals surface area (Å²) in [5, 5.41) is 12.0. The number of alkyl halides is 3. The van der Waals surface area contributed by atoms with E-state index in [4.69, 9.17) is 5.26 Å². The Labute approximate surface area is 114 Å². The first-order valence-electron chi connectivity index (χ1n) is 5.86. The van der Waals surface area contributed by atoms with Crippen molar-refractivity contribution in [3.63, 3.8) is 0 Å². The highest BCUT2D eigenvalue weighted by molar-refractivity contribution is 5.69. The summed E-state index contributed by atoms with van der Waals surface area (Å²) in [6.45, 7) is 1.83. The molecule has 1 N–H and O–H groups in total. The normalized spacial score (nSPS) is 10.9. The third kappa shape index (κ3) is 2.91. The number of nitrogens with zero attached hydrogens (tertiary/aromatic N) is 1. The zero-order valence-corrected chi connectivity index (χ0v) is 10.6. The standard InChI is InChI=1S/C15H11F3N2/c1-10-3-2-4-11(9-19)14(10)20-13-7-5-12(6-8-13)15(16,17)18/h2-8,20H,1H3. The van der Waals surface area contributed by atoms with E-state index in [1.165, 1.54) is 12.1 Å². The van der Waals surface area contributed by atoms with Crippen molar-refractivity contribution in [2.75, 3.05) is 5.32 Å². The van der Waals surface area contributed by atoms with E-state index >= 15 is 0 Å². The van der Waals surface area contributed by atoms with Crippen molar-refractivity contribution in [1.29, 1.82) is 5.26 Å². The molecule has 2 rings (SSSR count). The van der Waals surface area contributed by atoms with Gasteiger partial charge < -0.3 is 5.32 Å². The van der Waals surface area contributed by atoms with E-state index in [9.17, 15) is 13.2 Å². The maximum Gasteiger partial charge on any atom is 0.416 e. The van der Waals surface area contributed by atoms with Crippen LogP contribution in [0.15, 0.2) is 42.5 Å². The van der Waals surface area contributed by atoms with E-state index in [0.717, 1.165) is 17.7 Å². The van der Waals surface area contributed by atoms with Gasteiger partial charge in [-0.15, -0.1) is 0 Å². The van der Waals surface area contributed by atoms with Crippen molar-refractivity contribution in [1.82, 2.24) is 0 Å². The second kappa shape index (κ2) is 5.25. The van der Waals surface area contributed by atoms with Crippen molar-refractivity contribution in [2.45, 2.75) is 13.1 Å². The summed E-state index contributed by atoms with van der Waals surface area (Å²) in [6, 6.07) is 12.0. The number of anilines is 2. The maximum absolute atomic E-state index is 12.5. The molecule has 0 heterocycles. The molecule has 0 saturated carbocycles. The molecule has 0 fully saturated rings. The molecule has 0 atom stereocenters. The fraction of sp³-hybridized carbons (Fsp3) is 0.133. The summed E-state index contributed by atoms with van der Waals surface area (Å²) in [4.78, 5) is 0. The summed E-state index contributed by atoms with van der Waals surface area (Å²) in [7, 11) is 0. The van der Waals surface area contributed by atoms with Gasteiger partial charge in [-0.3, -0.25) is 0 Å². The largest absolute Gasteiger partial charge is 0.416 e. The van der Waals surface area contributed by atoms with Gasteiger partial charge >= 0.3 is 6.18 Å². The van der Waals surface area contributed by atoms with Gasteiger partial charge in [0.25, 0.3) is 0 Å². The van der Waals surface area contributed by atoms with Crippen LogP contribution < -0.4 is 5.32 Å². The van der Waals surface area contributed by atoms with E-state index in [0.29, 0.717) is 16.9 Å². The Hall–Kier alpha value is -2.48. The van der Waals surface area contributed by atoms with E-state index in [1.807, 2.05) is 19.1 Å². The van der Waals surface area contributed by atoms with Crippen LogP contribution in [0.1, 0.15) is 16.7 Å². The predicted molar refractivity (Wildman–Crippen MR) is 70.6 cm³/mol. The zero-order valence-electron chi connectivity index (χ0n) is 10.6. The number of nitriles is 1. The lowest BCUT2D eigenvalue weighted by Crippen LogP contribution is -2.04. The molecule has 2 nitrogen and oxygen atoms in total. The van der Waals surface area contributed by atoms with Crippen LogP contribution in [-0.4, -0.2) is 0 Å². The number of rotatable bonds is 2. The van der Waals surface area contributed by atoms with Gasteiger partial charge in [0, 0.05) is 5.69 Å². The van der Waals surface area contributed by atoms with Crippen molar-refractivity contribution < 1.29 is 13.2 Å². The lowest BCUT2D eigenvalue weighted by atomic mass is 10.1. The van der Waals surface area contributed by atoms with Gasteiger partial charge in [-0.05, 0) is 42.8 Å². The molecule has 20 heavy (non-hydrogen) atoms. The van der Waals surface area contributed by atoms with Gasteiger partial charge in [0.05, 0.1) is 16.8 Å². The Balaban J connectivity index is 2.30. The SMILES string of the molecule is Cc1cccc(C#N)c1Nc1ccc(C(F)(F)F)cc1. The minimum Gasteiger partial charge on any atom is -0.354 e. The Morgan fingerprint density at radius 2 is 1.70 bits per heavy atom. The Morgan fingerprint density at radius 1 is 1.05 bits per heavy atom. The van der Waals surface area contributed by atoms with E-state index in [2.05, 4.69) is 5.32 Å². The highest BCUT2D eigenvalue weighted by Gasteiger charge is 2.29. The smallest absolute Gasteiger partial charge is 0.354 e. The molecule has 2 aromatic rings. The van der Waals surface area contributed by atoms with Gasteiger partial charge in [0.1, 0.15) is 6.07 Å². The number of halogens is 3. The number of para-hydroxylation sites is 1. The molecule has 5 heteroatoms. The van der Waals surface area contributed by atoms with Gasteiger partial charge in [-0.2, -0.15) is 18.4 Å². The molecular formula is C15H11F3N2. The first kappa shape index (κ1) is 13.9. The second-order valence-electron chi connectivity index (χ2n) is 4.31. The number of hydrogen-bond acceptors (Lipinski definition) is 2. The molecule has 102 valence electrons. The molecule has 0 amide bonds. The van der Waals surface area contributed by atoms with Crippen LogP contribution >= 0.6 is 0 Å². The van der Waals surface area contributed by atoms with Crippen LogP contribution in [0.5, 0.6) is 0 Å². The minimum absolute atomic E-state index is 0.449.